The topological polar surface area (TPSA) is 53.0 Å². The molecule has 0 aliphatic carbocycles. The van der Waals surface area contributed by atoms with Gasteiger partial charge in [0.2, 0.25) is 0 Å². The van der Waals surface area contributed by atoms with Crippen LogP contribution in [0.1, 0.15) is 25.0 Å². The van der Waals surface area contributed by atoms with E-state index in [1.54, 1.807) is 6.20 Å². The number of hydrogen-bond donors (Lipinski definition) is 1. The Hall–Kier alpha value is -1.73. The Morgan fingerprint density at radius 1 is 1.39 bits per heavy atom. The molecule has 0 saturated carbocycles. The van der Waals surface area contributed by atoms with Crippen molar-refractivity contribution in [2.24, 2.45) is 5.10 Å². The van der Waals surface area contributed by atoms with Crippen molar-refractivity contribution in [1.29, 1.82) is 0 Å². The molecule has 0 radical (unpaired) electrons. The monoisotopic (exact) mass is 331 g/mol. The van der Waals surface area contributed by atoms with Crippen LogP contribution in [0, 0.1) is 0 Å². The highest BCUT2D eigenvalue weighted by molar-refractivity contribution is 7.80. The number of nitrogens with zero attached hydrogens (tertiary/aromatic N) is 4. The number of pyridine rings is 1. The predicted octanol–water partition coefficient (Wildman–Crippen LogP) is 1.22. The summed E-state index contributed by atoms with van der Waals surface area (Å²) in [5.74, 6) is 0.796. The molecule has 1 aromatic rings. The van der Waals surface area contributed by atoms with Crippen LogP contribution in [0.15, 0.2) is 23.4 Å². The Kier molecular flexibility index (Phi) is 4.13. The molecule has 1 aromatic heterocycles. The van der Waals surface area contributed by atoms with Crippen molar-refractivity contribution in [1.82, 2.24) is 20.2 Å². The van der Waals surface area contributed by atoms with Crippen molar-refractivity contribution in [2.45, 2.75) is 25.3 Å². The predicted molar refractivity (Wildman–Crippen MR) is 92.8 cm³/mol. The lowest BCUT2D eigenvalue weighted by molar-refractivity contribution is 0.151. The Morgan fingerprint density at radius 2 is 2.35 bits per heavy atom. The van der Waals surface area contributed by atoms with Crippen molar-refractivity contribution in [2.75, 3.05) is 32.8 Å². The number of hydrazone groups is 1. The van der Waals surface area contributed by atoms with E-state index in [1.165, 1.54) is 19.4 Å². The quantitative estimate of drug-likeness (QED) is 0.617. The maximum absolute atomic E-state index is 5.60. The third-order valence-electron chi connectivity index (χ3n) is 4.80. The average Bonchev–Trinajstić information content (AvgIpc) is 3.07. The molecule has 7 heteroatoms. The second-order valence-electron chi connectivity index (χ2n) is 6.20. The van der Waals surface area contributed by atoms with Crippen LogP contribution in [-0.2, 0) is 0 Å². The molecule has 1 N–H and O–H groups in total. The highest BCUT2D eigenvalue weighted by Gasteiger charge is 2.31. The third kappa shape index (κ3) is 3.03. The summed E-state index contributed by atoms with van der Waals surface area (Å²) in [4.78, 5) is 9.19. The molecule has 6 nitrogen and oxygen atoms in total. The number of aromatic nitrogens is 1. The second-order valence-corrected chi connectivity index (χ2v) is 6.59. The summed E-state index contributed by atoms with van der Waals surface area (Å²) in [5.41, 5.74) is 4.80. The minimum atomic E-state index is 0.632. The van der Waals surface area contributed by atoms with E-state index in [9.17, 15) is 0 Å². The number of fused-ring (bicyclic) bond motifs is 2. The number of thiocarbonyl (C=S) groups is 1. The summed E-state index contributed by atoms with van der Waals surface area (Å²) >= 11 is 5.54. The van der Waals surface area contributed by atoms with Gasteiger partial charge in [0, 0.05) is 38.3 Å². The van der Waals surface area contributed by atoms with Gasteiger partial charge in [0.25, 0.3) is 0 Å². The maximum atomic E-state index is 5.60. The minimum absolute atomic E-state index is 0.632. The lowest BCUT2D eigenvalue weighted by Crippen LogP contribution is -2.53. The largest absolute Gasteiger partial charge is 0.491 e. The van der Waals surface area contributed by atoms with Crippen LogP contribution in [0.3, 0.4) is 0 Å². The van der Waals surface area contributed by atoms with Crippen molar-refractivity contribution < 1.29 is 4.74 Å². The van der Waals surface area contributed by atoms with Crippen molar-refractivity contribution in [3.63, 3.8) is 0 Å². The van der Waals surface area contributed by atoms with Crippen LogP contribution in [0.25, 0.3) is 0 Å². The normalized spacial score (nSPS) is 25.7. The molecule has 23 heavy (non-hydrogen) atoms. The molecule has 4 heterocycles. The molecule has 0 aromatic carbocycles. The smallest absolute Gasteiger partial charge is 0.189 e. The number of rotatable bonds is 1. The highest BCUT2D eigenvalue weighted by atomic mass is 32.1. The summed E-state index contributed by atoms with van der Waals surface area (Å²) in [5, 5.41) is 5.23. The lowest BCUT2D eigenvalue weighted by Gasteiger charge is -2.38. The van der Waals surface area contributed by atoms with Gasteiger partial charge in [-0.3, -0.25) is 15.3 Å². The summed E-state index contributed by atoms with van der Waals surface area (Å²) < 4.78 is 5.60. The highest BCUT2D eigenvalue weighted by Crippen LogP contribution is 2.23. The van der Waals surface area contributed by atoms with Crippen molar-refractivity contribution in [3.8, 4) is 5.75 Å². The van der Waals surface area contributed by atoms with Crippen LogP contribution >= 0.6 is 12.2 Å². The first-order valence-electron chi connectivity index (χ1n) is 8.25. The lowest BCUT2D eigenvalue weighted by atomic mass is 10.1. The van der Waals surface area contributed by atoms with Gasteiger partial charge in [0.15, 0.2) is 5.11 Å². The first kappa shape index (κ1) is 14.8. The third-order valence-corrected chi connectivity index (χ3v) is 5.15. The molecule has 2 fully saturated rings. The summed E-state index contributed by atoms with van der Waals surface area (Å²) in [6, 6.07) is 4.46. The standard InChI is InChI=1S/C16H21N5OS/c23-16(21-9-8-20-7-2-3-12(20)11-21)19-18-13-5-10-22-14-4-1-6-17-15(13)14/h1,4,6,12H,2-3,5,7-11H2,(H,19,23)/b18-13-. The molecule has 3 aliphatic heterocycles. The number of ether oxygens (including phenoxy) is 1. The van der Waals surface area contributed by atoms with E-state index in [-0.39, 0.29) is 0 Å². The van der Waals surface area contributed by atoms with Gasteiger partial charge >= 0.3 is 0 Å². The van der Waals surface area contributed by atoms with Crippen LogP contribution in [0.2, 0.25) is 0 Å². The fraction of sp³-hybridized carbons (Fsp3) is 0.562. The van der Waals surface area contributed by atoms with Gasteiger partial charge in [0.1, 0.15) is 11.4 Å². The Bertz CT molecular complexity index is 635. The molecule has 3 aliphatic rings. The SMILES string of the molecule is S=C(N/N=C1/CCOc2cccnc21)N1CCN2CCCC2C1. The Balaban J connectivity index is 1.42. The van der Waals surface area contributed by atoms with Crippen LogP contribution in [0.4, 0.5) is 0 Å². The zero-order valence-corrected chi connectivity index (χ0v) is 13.9. The fourth-order valence-electron chi connectivity index (χ4n) is 3.57. The first-order chi connectivity index (χ1) is 11.3. The summed E-state index contributed by atoms with van der Waals surface area (Å²) in [6.07, 6.45) is 5.10. The second kappa shape index (κ2) is 6.41. The van der Waals surface area contributed by atoms with Gasteiger partial charge in [-0.05, 0) is 43.7 Å². The van der Waals surface area contributed by atoms with Gasteiger partial charge in [-0.25, -0.2) is 0 Å². The molecular formula is C16H21N5OS. The van der Waals surface area contributed by atoms with E-state index >= 15 is 0 Å². The van der Waals surface area contributed by atoms with E-state index in [0.717, 1.165) is 43.2 Å². The Morgan fingerprint density at radius 3 is 3.30 bits per heavy atom. The average molecular weight is 331 g/mol. The van der Waals surface area contributed by atoms with Gasteiger partial charge in [0.05, 0.1) is 12.3 Å². The van der Waals surface area contributed by atoms with Gasteiger partial charge in [-0.15, -0.1) is 0 Å². The van der Waals surface area contributed by atoms with Crippen molar-refractivity contribution >= 4 is 23.0 Å². The number of hydrogen-bond acceptors (Lipinski definition) is 5. The van der Waals surface area contributed by atoms with E-state index in [2.05, 4.69) is 25.3 Å². The maximum Gasteiger partial charge on any atom is 0.189 e. The van der Waals surface area contributed by atoms with E-state index in [1.807, 2.05) is 12.1 Å². The molecule has 2 saturated heterocycles. The molecule has 1 unspecified atom stereocenters. The van der Waals surface area contributed by atoms with Gasteiger partial charge in [-0.2, -0.15) is 5.10 Å². The molecule has 0 amide bonds. The van der Waals surface area contributed by atoms with E-state index in [4.69, 9.17) is 17.0 Å². The molecule has 0 spiro atoms. The first-order valence-corrected chi connectivity index (χ1v) is 8.66. The van der Waals surface area contributed by atoms with E-state index < -0.39 is 0 Å². The number of nitrogens with one attached hydrogen (secondary N) is 1. The zero-order valence-electron chi connectivity index (χ0n) is 13.1. The van der Waals surface area contributed by atoms with Crippen LogP contribution in [-0.4, -0.2) is 64.4 Å². The van der Waals surface area contributed by atoms with Crippen LogP contribution in [0.5, 0.6) is 5.75 Å². The van der Waals surface area contributed by atoms with Gasteiger partial charge < -0.3 is 9.64 Å². The summed E-state index contributed by atoms with van der Waals surface area (Å²) in [7, 11) is 0. The molecule has 0 bridgehead atoms. The van der Waals surface area contributed by atoms with Crippen molar-refractivity contribution in [3.05, 3.63) is 24.0 Å². The van der Waals surface area contributed by atoms with Crippen LogP contribution < -0.4 is 10.2 Å². The Labute approximate surface area is 141 Å². The molecule has 122 valence electrons. The number of piperazine rings is 1. The van der Waals surface area contributed by atoms with E-state index in [0.29, 0.717) is 17.8 Å². The molecule has 1 atom stereocenters. The summed E-state index contributed by atoms with van der Waals surface area (Å²) in [6.45, 7) is 4.96. The fourth-order valence-corrected chi connectivity index (χ4v) is 3.78. The molecule has 4 rings (SSSR count). The molecular weight excluding hydrogens is 310 g/mol. The minimum Gasteiger partial charge on any atom is -0.491 e. The van der Waals surface area contributed by atoms with Gasteiger partial charge in [-0.1, -0.05) is 0 Å². The zero-order chi connectivity index (χ0) is 15.6.